The van der Waals surface area contributed by atoms with Crippen LogP contribution in [0.4, 0.5) is 20.3 Å². The first-order valence-electron chi connectivity index (χ1n) is 14.5. The number of H-pyrrole nitrogens is 1. The number of hydrogen-bond acceptors (Lipinski definition) is 7. The van der Waals surface area contributed by atoms with Gasteiger partial charge in [-0.25, -0.2) is 8.78 Å². The van der Waals surface area contributed by atoms with Crippen molar-refractivity contribution in [1.29, 1.82) is 0 Å². The van der Waals surface area contributed by atoms with Gasteiger partial charge < -0.3 is 24.8 Å². The standard InChI is InChI=1S/C31H34F2N6O3S/c1-39-12-8-19(9-13-39)20-2-4-24(27(17-20)34-23-10-14-42-15-11-23)31(40)36-30-29-26(37-38-30)6-7-28(35-29)43(41)18-21-16-22(32)3-5-25(21)33/h2-7,16-17,19,23,34H,8-15,18H2,1H3,(H2,36,37,38,40). The molecule has 2 aliphatic rings. The largest absolute Gasteiger partial charge is 0.610 e. The molecule has 0 bridgehead atoms. The molecule has 2 aliphatic heterocycles. The van der Waals surface area contributed by atoms with E-state index in [1.165, 1.54) is 11.6 Å². The van der Waals surface area contributed by atoms with E-state index in [1.807, 2.05) is 12.1 Å². The van der Waals surface area contributed by atoms with Gasteiger partial charge in [0.2, 0.25) is 5.03 Å². The summed E-state index contributed by atoms with van der Waals surface area (Å²) in [6.07, 6.45) is 3.85. The van der Waals surface area contributed by atoms with Crippen molar-refractivity contribution in [2.45, 2.75) is 48.4 Å². The lowest BCUT2D eigenvalue weighted by Crippen LogP contribution is -2.30. The Balaban J connectivity index is 1.24. The Morgan fingerprint density at radius 1 is 1.09 bits per heavy atom. The molecular formula is C31H34F2N6O3S. The van der Waals surface area contributed by atoms with Gasteiger partial charge in [-0.2, -0.15) is 10.1 Å². The normalized spacial score (nSPS) is 17.7. The summed E-state index contributed by atoms with van der Waals surface area (Å²) in [4.78, 5) is 20.5. The van der Waals surface area contributed by atoms with Crippen molar-refractivity contribution in [3.8, 4) is 0 Å². The van der Waals surface area contributed by atoms with Crippen LogP contribution in [0.1, 0.15) is 53.1 Å². The van der Waals surface area contributed by atoms with Gasteiger partial charge in [0, 0.05) is 47.7 Å². The molecule has 2 fully saturated rings. The van der Waals surface area contributed by atoms with Crippen LogP contribution in [0.3, 0.4) is 0 Å². The number of amides is 1. The van der Waals surface area contributed by atoms with Crippen LogP contribution in [0.15, 0.2) is 53.6 Å². The first-order chi connectivity index (χ1) is 20.8. The number of likely N-dealkylation sites (tertiary alicyclic amines) is 1. The number of carbonyl (C=O) groups excluding carboxylic acids is 1. The quantitative estimate of drug-likeness (QED) is 0.236. The topological polar surface area (TPSA) is 118 Å². The van der Waals surface area contributed by atoms with Crippen molar-refractivity contribution in [2.24, 2.45) is 0 Å². The number of ether oxygens (including phenoxy) is 1. The summed E-state index contributed by atoms with van der Waals surface area (Å²) >= 11 is -1.76. The second-order valence-electron chi connectivity index (χ2n) is 11.2. The maximum Gasteiger partial charge on any atom is 0.259 e. The smallest absolute Gasteiger partial charge is 0.259 e. The first kappa shape index (κ1) is 29.5. The number of aromatic amines is 1. The van der Waals surface area contributed by atoms with Gasteiger partial charge in [-0.1, -0.05) is 6.07 Å². The van der Waals surface area contributed by atoms with Crippen LogP contribution in [0.2, 0.25) is 0 Å². The third-order valence-electron chi connectivity index (χ3n) is 8.20. The van der Waals surface area contributed by atoms with E-state index < -0.39 is 22.8 Å². The Morgan fingerprint density at radius 3 is 2.67 bits per heavy atom. The summed E-state index contributed by atoms with van der Waals surface area (Å²) in [6, 6.07) is 12.4. The maximum atomic E-state index is 14.1. The lowest BCUT2D eigenvalue weighted by molar-refractivity contribution is 0.0904. The number of hydrogen-bond donors (Lipinski definition) is 3. The highest BCUT2D eigenvalue weighted by Gasteiger charge is 2.24. The van der Waals surface area contributed by atoms with E-state index in [2.05, 4.69) is 43.8 Å². The summed E-state index contributed by atoms with van der Waals surface area (Å²) in [5.41, 5.74) is 3.32. The van der Waals surface area contributed by atoms with Crippen molar-refractivity contribution in [3.63, 3.8) is 0 Å². The van der Waals surface area contributed by atoms with Crippen molar-refractivity contribution in [1.82, 2.24) is 20.1 Å². The second-order valence-corrected chi connectivity index (χ2v) is 12.6. The van der Waals surface area contributed by atoms with E-state index in [-0.39, 0.29) is 34.1 Å². The molecule has 2 aromatic carbocycles. The lowest BCUT2D eigenvalue weighted by atomic mass is 9.88. The van der Waals surface area contributed by atoms with E-state index in [1.54, 1.807) is 6.07 Å². The molecule has 43 heavy (non-hydrogen) atoms. The monoisotopic (exact) mass is 608 g/mol. The molecular weight excluding hydrogens is 574 g/mol. The molecule has 1 amide bonds. The number of pyridine rings is 1. The molecule has 4 aromatic rings. The molecule has 4 heterocycles. The summed E-state index contributed by atoms with van der Waals surface area (Å²) < 4.78 is 46.3. The highest BCUT2D eigenvalue weighted by atomic mass is 32.2. The van der Waals surface area contributed by atoms with Crippen LogP contribution < -0.4 is 10.6 Å². The zero-order chi connectivity index (χ0) is 29.9. The van der Waals surface area contributed by atoms with Crippen LogP contribution in [0.5, 0.6) is 0 Å². The number of benzene rings is 2. The molecule has 0 saturated carbocycles. The molecule has 2 saturated heterocycles. The number of anilines is 2. The number of carbonyl (C=O) groups is 1. The zero-order valence-electron chi connectivity index (χ0n) is 23.9. The fourth-order valence-electron chi connectivity index (χ4n) is 5.68. The Hall–Kier alpha value is -3.58. The van der Waals surface area contributed by atoms with E-state index in [0.717, 1.165) is 62.7 Å². The van der Waals surface area contributed by atoms with Crippen LogP contribution in [-0.2, 0) is 21.7 Å². The molecule has 3 N–H and O–H groups in total. The van der Waals surface area contributed by atoms with Gasteiger partial charge in [0.15, 0.2) is 5.82 Å². The number of piperidine rings is 1. The van der Waals surface area contributed by atoms with Crippen LogP contribution >= 0.6 is 0 Å². The molecule has 0 radical (unpaired) electrons. The third kappa shape index (κ3) is 6.82. The minimum atomic E-state index is -1.76. The van der Waals surface area contributed by atoms with Gasteiger partial charge in [0.05, 0.1) is 11.1 Å². The summed E-state index contributed by atoms with van der Waals surface area (Å²) in [7, 11) is 2.14. The van der Waals surface area contributed by atoms with Gasteiger partial charge in [-0.3, -0.25) is 9.89 Å². The molecule has 9 nitrogen and oxygen atoms in total. The van der Waals surface area contributed by atoms with Crippen LogP contribution in [0.25, 0.3) is 11.0 Å². The molecule has 6 rings (SSSR count). The number of rotatable bonds is 8. The van der Waals surface area contributed by atoms with Gasteiger partial charge in [0.25, 0.3) is 5.91 Å². The number of fused-ring (bicyclic) bond motifs is 1. The average molecular weight is 609 g/mol. The highest BCUT2D eigenvalue weighted by Crippen LogP contribution is 2.32. The molecule has 0 aliphatic carbocycles. The van der Waals surface area contributed by atoms with Crippen molar-refractivity contribution in [3.05, 3.63) is 76.9 Å². The third-order valence-corrected chi connectivity index (χ3v) is 9.47. The van der Waals surface area contributed by atoms with Crippen molar-refractivity contribution in [2.75, 3.05) is 44.0 Å². The Labute approximate surface area is 251 Å². The van der Waals surface area contributed by atoms with Gasteiger partial charge in [-0.15, -0.1) is 0 Å². The summed E-state index contributed by atoms with van der Waals surface area (Å²) in [5.74, 6) is -1.23. The Kier molecular flexibility index (Phi) is 8.89. The fraction of sp³-hybridized carbons (Fsp3) is 0.387. The van der Waals surface area contributed by atoms with E-state index in [9.17, 15) is 18.1 Å². The number of aromatic nitrogens is 3. The Morgan fingerprint density at radius 2 is 1.88 bits per heavy atom. The zero-order valence-corrected chi connectivity index (χ0v) is 24.7. The Bertz CT molecular complexity index is 1600. The average Bonchev–Trinajstić information content (AvgIpc) is 3.41. The minimum absolute atomic E-state index is 0.00537. The first-order valence-corrected chi connectivity index (χ1v) is 15.8. The summed E-state index contributed by atoms with van der Waals surface area (Å²) in [6.45, 7) is 3.43. The molecule has 12 heteroatoms. The second kappa shape index (κ2) is 13.0. The van der Waals surface area contributed by atoms with Crippen molar-refractivity contribution < 1.29 is 22.9 Å². The van der Waals surface area contributed by atoms with Gasteiger partial charge >= 0.3 is 0 Å². The predicted octanol–water partition coefficient (Wildman–Crippen LogP) is 5.20. The molecule has 0 spiro atoms. The predicted molar refractivity (Wildman–Crippen MR) is 162 cm³/mol. The number of nitrogens with zero attached hydrogens (tertiary/aromatic N) is 3. The van der Waals surface area contributed by atoms with E-state index in [4.69, 9.17) is 4.74 Å². The highest BCUT2D eigenvalue weighted by molar-refractivity contribution is 7.90. The maximum absolute atomic E-state index is 14.1. The van der Waals surface area contributed by atoms with E-state index >= 15 is 0 Å². The fourth-order valence-corrected chi connectivity index (χ4v) is 6.74. The minimum Gasteiger partial charge on any atom is -0.610 e. The van der Waals surface area contributed by atoms with Gasteiger partial charge in [-0.05, 0) is 93.7 Å². The number of halogens is 2. The van der Waals surface area contributed by atoms with E-state index in [0.29, 0.717) is 35.7 Å². The summed E-state index contributed by atoms with van der Waals surface area (Å²) in [5, 5.41) is 13.7. The molecule has 2 aromatic heterocycles. The number of nitrogens with one attached hydrogen (secondary N) is 3. The molecule has 1 unspecified atom stereocenters. The van der Waals surface area contributed by atoms with Crippen LogP contribution in [-0.4, -0.2) is 69.9 Å². The SMILES string of the molecule is CN1CCC(c2ccc(C(=O)Nc3n[nH]c4ccc([S+]([O-])Cc5cc(F)ccc5F)nc34)c(NC3CCOCC3)c2)CC1. The molecule has 1 atom stereocenters. The lowest BCUT2D eigenvalue weighted by Gasteiger charge is -2.30. The molecule has 226 valence electrons. The van der Waals surface area contributed by atoms with Crippen LogP contribution in [0, 0.1) is 11.6 Å². The van der Waals surface area contributed by atoms with Crippen molar-refractivity contribution >= 4 is 39.6 Å². The van der Waals surface area contributed by atoms with Gasteiger partial charge in [0.1, 0.15) is 22.9 Å².